The van der Waals surface area contributed by atoms with Crippen LogP contribution in [0.4, 0.5) is 0 Å². The molecule has 1 rings (SSSR count). The van der Waals surface area contributed by atoms with Crippen LogP contribution in [0.1, 0.15) is 19.8 Å². The lowest BCUT2D eigenvalue weighted by Crippen LogP contribution is -2.30. The first-order valence-electron chi connectivity index (χ1n) is 4.87. The van der Waals surface area contributed by atoms with Gasteiger partial charge in [-0.05, 0) is 6.42 Å². The minimum absolute atomic E-state index is 0.0140. The van der Waals surface area contributed by atoms with E-state index < -0.39 is 22.7 Å². The zero-order valence-electron chi connectivity index (χ0n) is 8.47. The van der Waals surface area contributed by atoms with E-state index in [1.54, 1.807) is 0 Å². The molecule has 0 saturated carbocycles. The molecule has 1 fully saturated rings. The second-order valence-corrected chi connectivity index (χ2v) is 3.60. The van der Waals surface area contributed by atoms with Crippen molar-refractivity contribution < 1.29 is 19.2 Å². The van der Waals surface area contributed by atoms with Gasteiger partial charge in [-0.3, -0.25) is 19.7 Å². The van der Waals surface area contributed by atoms with Gasteiger partial charge in [0.2, 0.25) is 6.54 Å². The number of Topliss-reactive ketones (excluding diaryl/α,β-unsaturated/α-hetero) is 1. The molecule has 6 nitrogen and oxygen atoms in total. The maximum Gasteiger partial charge on any atom is 0.317 e. The minimum Gasteiger partial charge on any atom is -0.465 e. The average Bonchev–Trinajstić information content (AvgIpc) is 2.46. The zero-order chi connectivity index (χ0) is 11.4. The van der Waals surface area contributed by atoms with E-state index in [1.165, 1.54) is 0 Å². The molecule has 0 amide bonds. The highest BCUT2D eigenvalue weighted by molar-refractivity contribution is 6.00. The summed E-state index contributed by atoms with van der Waals surface area (Å²) in [5, 5.41) is 10.3. The molecule has 0 unspecified atom stereocenters. The standard InChI is InChI=1S/C9H13NO5/c1-2-3-7(11)8-6(4-10(13)14)5-15-9(8)12/h6,8H,2-5H2,1H3/t6-,8-/m1/s1. The van der Waals surface area contributed by atoms with Crippen molar-refractivity contribution in [1.82, 2.24) is 0 Å². The molecular formula is C9H13NO5. The SMILES string of the molecule is CCCC(=O)[C@@H]1C(=O)OC[C@H]1C[N+](=O)[O-]. The molecule has 1 heterocycles. The molecule has 0 bridgehead atoms. The lowest BCUT2D eigenvalue weighted by molar-refractivity contribution is -0.488. The van der Waals surface area contributed by atoms with Gasteiger partial charge in [-0.25, -0.2) is 0 Å². The van der Waals surface area contributed by atoms with Crippen molar-refractivity contribution in [2.75, 3.05) is 13.2 Å². The quantitative estimate of drug-likeness (QED) is 0.287. The molecule has 6 heteroatoms. The molecular weight excluding hydrogens is 202 g/mol. The number of ketones is 1. The topological polar surface area (TPSA) is 86.5 Å². The summed E-state index contributed by atoms with van der Waals surface area (Å²) >= 11 is 0. The number of hydrogen-bond acceptors (Lipinski definition) is 5. The van der Waals surface area contributed by atoms with Crippen LogP contribution in [0, 0.1) is 22.0 Å². The fraction of sp³-hybridized carbons (Fsp3) is 0.778. The highest BCUT2D eigenvalue weighted by Crippen LogP contribution is 2.24. The first-order valence-corrected chi connectivity index (χ1v) is 4.87. The number of nitrogens with zero attached hydrogens (tertiary/aromatic N) is 1. The number of carbonyl (C=O) groups is 2. The van der Waals surface area contributed by atoms with Gasteiger partial charge in [-0.1, -0.05) is 6.92 Å². The predicted molar refractivity (Wildman–Crippen MR) is 49.7 cm³/mol. The third kappa shape index (κ3) is 2.74. The van der Waals surface area contributed by atoms with Gasteiger partial charge in [-0.15, -0.1) is 0 Å². The monoisotopic (exact) mass is 215 g/mol. The largest absolute Gasteiger partial charge is 0.465 e. The second-order valence-electron chi connectivity index (χ2n) is 3.60. The molecule has 2 atom stereocenters. The van der Waals surface area contributed by atoms with Crippen molar-refractivity contribution in [3.63, 3.8) is 0 Å². The van der Waals surface area contributed by atoms with E-state index in [1.807, 2.05) is 6.92 Å². The number of carbonyl (C=O) groups excluding carboxylic acids is 2. The fourth-order valence-corrected chi connectivity index (χ4v) is 1.71. The minimum atomic E-state index is -0.921. The summed E-state index contributed by atoms with van der Waals surface area (Å²) in [5.41, 5.74) is 0. The van der Waals surface area contributed by atoms with Crippen LogP contribution in [0.15, 0.2) is 0 Å². The molecule has 0 aliphatic carbocycles. The van der Waals surface area contributed by atoms with E-state index in [0.717, 1.165) is 0 Å². The van der Waals surface area contributed by atoms with Gasteiger partial charge in [-0.2, -0.15) is 0 Å². The summed E-state index contributed by atoms with van der Waals surface area (Å²) in [6, 6.07) is 0. The summed E-state index contributed by atoms with van der Waals surface area (Å²) < 4.78 is 4.68. The predicted octanol–water partition coefficient (Wildman–Crippen LogP) is 0.422. The molecule has 0 aromatic carbocycles. The molecule has 0 aromatic rings. The Bertz CT molecular complexity index is 288. The van der Waals surface area contributed by atoms with E-state index in [-0.39, 0.29) is 25.4 Å². The van der Waals surface area contributed by atoms with Gasteiger partial charge >= 0.3 is 5.97 Å². The Morgan fingerprint density at radius 1 is 1.67 bits per heavy atom. The van der Waals surface area contributed by atoms with Crippen LogP contribution >= 0.6 is 0 Å². The number of hydrogen-bond donors (Lipinski definition) is 0. The van der Waals surface area contributed by atoms with Crippen LogP contribution in [0.5, 0.6) is 0 Å². The van der Waals surface area contributed by atoms with Crippen LogP contribution in [0.3, 0.4) is 0 Å². The normalized spacial score (nSPS) is 25.0. The van der Waals surface area contributed by atoms with Gasteiger partial charge in [0.15, 0.2) is 0 Å². The Morgan fingerprint density at radius 3 is 2.87 bits per heavy atom. The van der Waals surface area contributed by atoms with E-state index >= 15 is 0 Å². The van der Waals surface area contributed by atoms with Gasteiger partial charge in [0.1, 0.15) is 18.3 Å². The number of esters is 1. The fourth-order valence-electron chi connectivity index (χ4n) is 1.71. The first-order chi connectivity index (χ1) is 7.06. The molecule has 15 heavy (non-hydrogen) atoms. The van der Waals surface area contributed by atoms with Gasteiger partial charge in [0, 0.05) is 11.3 Å². The molecule has 0 radical (unpaired) electrons. The molecule has 1 aliphatic heterocycles. The van der Waals surface area contributed by atoms with Crippen LogP contribution in [0.2, 0.25) is 0 Å². The summed E-state index contributed by atoms with van der Waals surface area (Å²) in [6.45, 7) is 1.42. The van der Waals surface area contributed by atoms with E-state index in [9.17, 15) is 19.7 Å². The Hall–Kier alpha value is -1.46. The lowest BCUT2D eigenvalue weighted by atomic mass is 9.89. The average molecular weight is 215 g/mol. The second kappa shape index (κ2) is 4.86. The highest BCUT2D eigenvalue weighted by atomic mass is 16.6. The van der Waals surface area contributed by atoms with Crippen LogP contribution in [-0.4, -0.2) is 29.8 Å². The van der Waals surface area contributed by atoms with Crippen molar-refractivity contribution in [1.29, 1.82) is 0 Å². The van der Waals surface area contributed by atoms with Crippen molar-refractivity contribution in [2.45, 2.75) is 19.8 Å². The molecule has 0 N–H and O–H groups in total. The Balaban J connectivity index is 2.68. The molecule has 0 spiro atoms. The zero-order valence-corrected chi connectivity index (χ0v) is 8.47. The summed E-state index contributed by atoms with van der Waals surface area (Å²) in [6.07, 6.45) is 0.905. The summed E-state index contributed by atoms with van der Waals surface area (Å²) in [5.74, 6) is -2.37. The van der Waals surface area contributed by atoms with Crippen LogP contribution in [0.25, 0.3) is 0 Å². The summed E-state index contributed by atoms with van der Waals surface area (Å²) in [4.78, 5) is 32.5. The smallest absolute Gasteiger partial charge is 0.317 e. The van der Waals surface area contributed by atoms with Gasteiger partial charge < -0.3 is 4.74 Å². The van der Waals surface area contributed by atoms with Crippen LogP contribution < -0.4 is 0 Å². The van der Waals surface area contributed by atoms with Crippen LogP contribution in [-0.2, 0) is 14.3 Å². The van der Waals surface area contributed by atoms with Crippen molar-refractivity contribution in [3.05, 3.63) is 10.1 Å². The Labute approximate surface area is 86.7 Å². The Morgan fingerprint density at radius 2 is 2.33 bits per heavy atom. The lowest BCUT2D eigenvalue weighted by Gasteiger charge is -2.09. The third-order valence-electron chi connectivity index (χ3n) is 2.39. The van der Waals surface area contributed by atoms with E-state index in [4.69, 9.17) is 0 Å². The van der Waals surface area contributed by atoms with Crippen molar-refractivity contribution >= 4 is 11.8 Å². The van der Waals surface area contributed by atoms with E-state index in [2.05, 4.69) is 4.74 Å². The first kappa shape index (κ1) is 11.6. The third-order valence-corrected chi connectivity index (χ3v) is 2.39. The number of rotatable bonds is 5. The van der Waals surface area contributed by atoms with Gasteiger partial charge in [0.25, 0.3) is 0 Å². The van der Waals surface area contributed by atoms with Crippen molar-refractivity contribution in [2.24, 2.45) is 11.8 Å². The number of ether oxygens (including phenoxy) is 1. The molecule has 84 valence electrons. The molecule has 1 aliphatic rings. The molecule has 1 saturated heterocycles. The van der Waals surface area contributed by atoms with E-state index in [0.29, 0.717) is 6.42 Å². The summed E-state index contributed by atoms with van der Waals surface area (Å²) in [7, 11) is 0. The maximum atomic E-state index is 11.5. The number of nitro groups is 1. The Kier molecular flexibility index (Phi) is 3.76. The highest BCUT2D eigenvalue weighted by Gasteiger charge is 2.44. The molecule has 0 aromatic heterocycles. The van der Waals surface area contributed by atoms with Crippen molar-refractivity contribution in [3.8, 4) is 0 Å². The maximum absolute atomic E-state index is 11.5. The number of cyclic esters (lactones) is 1. The van der Waals surface area contributed by atoms with Gasteiger partial charge in [0.05, 0.1) is 5.92 Å².